The van der Waals surface area contributed by atoms with Crippen LogP contribution < -0.4 is 0 Å². The summed E-state index contributed by atoms with van der Waals surface area (Å²) in [6, 6.07) is 0. The van der Waals surface area contributed by atoms with Crippen LogP contribution >= 0.6 is 0 Å². The molecule has 0 fully saturated rings. The minimum absolute atomic E-state index is 0.0799. The van der Waals surface area contributed by atoms with Crippen LogP contribution in [-0.2, 0) is 28.6 Å². The van der Waals surface area contributed by atoms with Crippen LogP contribution in [0.25, 0.3) is 0 Å². The molecule has 0 saturated heterocycles. The van der Waals surface area contributed by atoms with Crippen LogP contribution in [0, 0.1) is 0 Å². The predicted molar refractivity (Wildman–Crippen MR) is 307 cm³/mol. The van der Waals surface area contributed by atoms with E-state index in [1.807, 2.05) is 0 Å². The van der Waals surface area contributed by atoms with Gasteiger partial charge in [0.1, 0.15) is 13.2 Å². The topological polar surface area (TPSA) is 78.9 Å². The molecule has 0 aliphatic carbocycles. The number of esters is 3. The Labute approximate surface area is 438 Å². The molecule has 1 unspecified atom stereocenters. The highest BCUT2D eigenvalue weighted by molar-refractivity contribution is 5.71. The summed E-state index contributed by atoms with van der Waals surface area (Å²) in [4.78, 5) is 38.0. The minimum Gasteiger partial charge on any atom is -0.462 e. The van der Waals surface area contributed by atoms with Crippen LogP contribution in [0.4, 0.5) is 0 Å². The number of carbonyl (C=O) groups is 3. The quantitative estimate of drug-likeness (QED) is 0.0261. The molecule has 0 aromatic heterocycles. The number of carbonyl (C=O) groups excluding carboxylic acids is 3. The first-order valence-corrected chi connectivity index (χ1v) is 29.7. The second-order valence-corrected chi connectivity index (χ2v) is 19.5. The first-order valence-electron chi connectivity index (χ1n) is 29.7. The Bertz CT molecular complexity index is 1410. The van der Waals surface area contributed by atoms with Gasteiger partial charge in [-0.2, -0.15) is 0 Å². The average Bonchev–Trinajstić information content (AvgIpc) is 3.37. The Morgan fingerprint density at radius 3 is 0.915 bits per heavy atom. The van der Waals surface area contributed by atoms with Gasteiger partial charge < -0.3 is 14.2 Å². The first-order chi connectivity index (χ1) is 35.0. The van der Waals surface area contributed by atoms with Gasteiger partial charge in [0.25, 0.3) is 0 Å². The minimum atomic E-state index is -0.781. The first kappa shape index (κ1) is 67.3. The second kappa shape index (κ2) is 58.9. The highest BCUT2D eigenvalue weighted by Gasteiger charge is 2.19. The van der Waals surface area contributed by atoms with E-state index in [1.165, 1.54) is 116 Å². The van der Waals surface area contributed by atoms with Gasteiger partial charge in [-0.25, -0.2) is 0 Å². The lowest BCUT2D eigenvalue weighted by Gasteiger charge is -2.18. The van der Waals surface area contributed by atoms with Crippen molar-refractivity contribution in [2.75, 3.05) is 13.2 Å². The summed E-state index contributed by atoms with van der Waals surface area (Å²) < 4.78 is 16.8. The molecular formula is C65H110O6. The molecule has 0 bridgehead atoms. The third-order valence-corrected chi connectivity index (χ3v) is 12.6. The van der Waals surface area contributed by atoms with E-state index < -0.39 is 6.10 Å². The predicted octanol–water partition coefficient (Wildman–Crippen LogP) is 20.1. The zero-order valence-electron chi connectivity index (χ0n) is 46.5. The zero-order chi connectivity index (χ0) is 51.4. The summed E-state index contributed by atoms with van der Waals surface area (Å²) in [5.41, 5.74) is 0. The molecule has 1 atom stereocenters. The van der Waals surface area contributed by atoms with Crippen molar-refractivity contribution in [3.63, 3.8) is 0 Å². The Morgan fingerprint density at radius 1 is 0.296 bits per heavy atom. The fourth-order valence-corrected chi connectivity index (χ4v) is 8.11. The summed E-state index contributed by atoms with van der Waals surface area (Å²) in [5.74, 6) is -0.894. The molecule has 406 valence electrons. The van der Waals surface area contributed by atoms with Crippen molar-refractivity contribution < 1.29 is 28.6 Å². The number of hydrogen-bond donors (Lipinski definition) is 0. The van der Waals surface area contributed by atoms with Crippen molar-refractivity contribution in [3.8, 4) is 0 Å². The maximum absolute atomic E-state index is 12.8. The van der Waals surface area contributed by atoms with Crippen LogP contribution in [0.1, 0.15) is 278 Å². The molecule has 6 nitrogen and oxygen atoms in total. The lowest BCUT2D eigenvalue weighted by Crippen LogP contribution is -2.30. The van der Waals surface area contributed by atoms with E-state index in [2.05, 4.69) is 118 Å². The van der Waals surface area contributed by atoms with Gasteiger partial charge in [0.2, 0.25) is 0 Å². The molecule has 0 heterocycles. The molecule has 71 heavy (non-hydrogen) atoms. The number of unbranched alkanes of at least 4 members (excludes halogenated alkanes) is 26. The third-order valence-electron chi connectivity index (χ3n) is 12.6. The van der Waals surface area contributed by atoms with Crippen LogP contribution in [0.5, 0.6) is 0 Å². The van der Waals surface area contributed by atoms with Gasteiger partial charge in [0.15, 0.2) is 6.10 Å². The van der Waals surface area contributed by atoms with E-state index in [4.69, 9.17) is 14.2 Å². The van der Waals surface area contributed by atoms with Gasteiger partial charge in [0, 0.05) is 19.3 Å². The van der Waals surface area contributed by atoms with E-state index in [1.54, 1.807) is 0 Å². The van der Waals surface area contributed by atoms with Crippen molar-refractivity contribution in [2.24, 2.45) is 0 Å². The van der Waals surface area contributed by atoms with E-state index >= 15 is 0 Å². The van der Waals surface area contributed by atoms with Gasteiger partial charge in [0.05, 0.1) is 0 Å². The van der Waals surface area contributed by atoms with Crippen molar-refractivity contribution >= 4 is 17.9 Å². The Morgan fingerprint density at radius 2 is 0.563 bits per heavy atom. The van der Waals surface area contributed by atoms with E-state index in [9.17, 15) is 14.4 Å². The molecule has 0 radical (unpaired) electrons. The van der Waals surface area contributed by atoms with Gasteiger partial charge >= 0.3 is 17.9 Å². The lowest BCUT2D eigenvalue weighted by molar-refractivity contribution is -0.167. The van der Waals surface area contributed by atoms with Crippen LogP contribution in [-0.4, -0.2) is 37.2 Å². The largest absolute Gasteiger partial charge is 0.462 e. The summed E-state index contributed by atoms with van der Waals surface area (Å²) in [6.45, 7) is 6.47. The van der Waals surface area contributed by atoms with Crippen LogP contribution in [0.2, 0.25) is 0 Å². The Balaban J connectivity index is 4.17. The van der Waals surface area contributed by atoms with E-state index in [-0.39, 0.29) is 31.1 Å². The SMILES string of the molecule is CC/C=C\C/C=C\C/C=C\C/C=C\C/C=C\C/C=C\C/C=C\CCCCCCCCCCCC(=O)OCC(COC(=O)CCCCCCCCCCCCC)OC(=O)CCCCCCC/C=C\CCCC. The van der Waals surface area contributed by atoms with Crippen LogP contribution in [0.3, 0.4) is 0 Å². The molecule has 0 aromatic rings. The molecule has 0 aliphatic rings. The maximum atomic E-state index is 12.8. The van der Waals surface area contributed by atoms with Gasteiger partial charge in [-0.15, -0.1) is 0 Å². The van der Waals surface area contributed by atoms with Gasteiger partial charge in [-0.1, -0.05) is 259 Å². The summed E-state index contributed by atoms with van der Waals surface area (Å²) in [7, 11) is 0. The van der Waals surface area contributed by atoms with Crippen molar-refractivity contribution in [2.45, 2.75) is 284 Å². The normalized spacial score (nSPS) is 12.8. The smallest absolute Gasteiger partial charge is 0.306 e. The standard InChI is InChI=1S/C65H110O6/c1-4-7-10-13-16-19-22-23-24-25-26-27-28-29-30-31-32-33-34-35-36-37-38-39-40-41-44-46-49-52-55-58-64(67)70-61-62(71-65(68)59-56-53-50-47-43-21-18-15-12-9-6-3)60-69-63(66)57-54-51-48-45-42-20-17-14-11-8-5-2/h7,10,15-16,18-19,23-24,26-27,29-30,32-33,35-36,62H,4-6,8-9,11-14,17,20-22,25,28,31,34,37-61H2,1-3H3/b10-7-,18-15-,19-16-,24-23-,27-26-,30-29-,33-32-,36-35-. The van der Waals surface area contributed by atoms with Crippen molar-refractivity contribution in [3.05, 3.63) is 97.2 Å². The van der Waals surface area contributed by atoms with E-state index in [0.29, 0.717) is 19.3 Å². The molecule has 0 amide bonds. The molecule has 0 rings (SSSR count). The molecule has 0 aliphatic heterocycles. The molecule has 0 aromatic carbocycles. The molecule has 0 saturated carbocycles. The molecular weight excluding hydrogens is 877 g/mol. The highest BCUT2D eigenvalue weighted by Crippen LogP contribution is 2.15. The Hall–Kier alpha value is -3.67. The summed E-state index contributed by atoms with van der Waals surface area (Å²) in [6.07, 6.45) is 78.4. The van der Waals surface area contributed by atoms with E-state index in [0.717, 1.165) is 122 Å². The Kier molecular flexibility index (Phi) is 55.9. The number of rotatable bonds is 53. The van der Waals surface area contributed by atoms with Crippen LogP contribution in [0.15, 0.2) is 97.2 Å². The molecule has 0 N–H and O–H groups in total. The fourth-order valence-electron chi connectivity index (χ4n) is 8.11. The van der Waals surface area contributed by atoms with Gasteiger partial charge in [-0.05, 0) is 96.3 Å². The summed E-state index contributed by atoms with van der Waals surface area (Å²) in [5, 5.41) is 0. The number of ether oxygens (including phenoxy) is 3. The fraction of sp³-hybridized carbons (Fsp3) is 0.708. The zero-order valence-corrected chi connectivity index (χ0v) is 46.5. The molecule has 0 spiro atoms. The van der Waals surface area contributed by atoms with Crippen molar-refractivity contribution in [1.82, 2.24) is 0 Å². The average molecular weight is 988 g/mol. The number of allylic oxidation sites excluding steroid dienone is 16. The third kappa shape index (κ3) is 57.1. The monoisotopic (exact) mass is 987 g/mol. The second-order valence-electron chi connectivity index (χ2n) is 19.5. The summed E-state index contributed by atoms with van der Waals surface area (Å²) >= 11 is 0. The number of hydrogen-bond acceptors (Lipinski definition) is 6. The van der Waals surface area contributed by atoms with Gasteiger partial charge in [-0.3, -0.25) is 14.4 Å². The molecule has 6 heteroatoms. The lowest BCUT2D eigenvalue weighted by atomic mass is 10.1. The maximum Gasteiger partial charge on any atom is 0.306 e. The highest BCUT2D eigenvalue weighted by atomic mass is 16.6. The van der Waals surface area contributed by atoms with Crippen molar-refractivity contribution in [1.29, 1.82) is 0 Å².